The fourth-order valence-electron chi connectivity index (χ4n) is 5.10. The minimum atomic E-state index is -0.646. The largest absolute Gasteiger partial charge is 0.493 e. The van der Waals surface area contributed by atoms with Crippen molar-refractivity contribution in [2.75, 3.05) is 53.6 Å². The molecule has 0 bridgehead atoms. The Labute approximate surface area is 267 Å². The summed E-state index contributed by atoms with van der Waals surface area (Å²) in [6.07, 6.45) is 0.280. The van der Waals surface area contributed by atoms with Crippen molar-refractivity contribution in [1.29, 1.82) is 0 Å². The zero-order valence-electron chi connectivity index (χ0n) is 27.8. The summed E-state index contributed by atoms with van der Waals surface area (Å²) < 4.78 is 22.1. The van der Waals surface area contributed by atoms with Gasteiger partial charge in [-0.1, -0.05) is 30.3 Å². The van der Waals surface area contributed by atoms with Crippen LogP contribution in [0.2, 0.25) is 0 Å². The van der Waals surface area contributed by atoms with E-state index in [1.165, 1.54) is 0 Å². The van der Waals surface area contributed by atoms with E-state index in [1.54, 1.807) is 42.2 Å². The molecule has 1 aliphatic rings. The van der Waals surface area contributed by atoms with Gasteiger partial charge >= 0.3 is 6.09 Å². The van der Waals surface area contributed by atoms with Crippen LogP contribution in [0.1, 0.15) is 57.0 Å². The average molecular weight is 627 g/mol. The zero-order chi connectivity index (χ0) is 33.0. The monoisotopic (exact) mass is 626 g/mol. The van der Waals surface area contributed by atoms with Gasteiger partial charge in [0.15, 0.2) is 11.5 Å². The third-order valence-electron chi connectivity index (χ3n) is 7.43. The van der Waals surface area contributed by atoms with Crippen LogP contribution in [-0.2, 0) is 20.8 Å². The first-order valence-corrected chi connectivity index (χ1v) is 15.5. The summed E-state index contributed by atoms with van der Waals surface area (Å²) in [7, 11) is 3.20. The van der Waals surface area contributed by atoms with Gasteiger partial charge in [-0.05, 0) is 58.4 Å². The van der Waals surface area contributed by atoms with E-state index < -0.39 is 11.7 Å². The van der Waals surface area contributed by atoms with Crippen LogP contribution in [0.25, 0.3) is 0 Å². The van der Waals surface area contributed by atoms with Gasteiger partial charge in [0.1, 0.15) is 5.60 Å². The molecule has 2 atom stereocenters. The van der Waals surface area contributed by atoms with Crippen molar-refractivity contribution in [3.8, 4) is 11.5 Å². The molecule has 1 fully saturated rings. The summed E-state index contributed by atoms with van der Waals surface area (Å²) in [5.74, 6) is 0.569. The second kappa shape index (κ2) is 17.0. The molecule has 0 saturated carbocycles. The first kappa shape index (κ1) is 35.6. The maximum atomic E-state index is 13.9. The van der Waals surface area contributed by atoms with E-state index in [0.29, 0.717) is 62.9 Å². The van der Waals surface area contributed by atoms with Crippen LogP contribution < -0.4 is 20.1 Å². The Morgan fingerprint density at radius 2 is 1.73 bits per heavy atom. The van der Waals surface area contributed by atoms with Crippen LogP contribution in [0.3, 0.4) is 0 Å². The first-order chi connectivity index (χ1) is 21.4. The normalized spacial score (nSPS) is 16.4. The van der Waals surface area contributed by atoms with Crippen LogP contribution in [0, 0.1) is 5.92 Å². The third-order valence-corrected chi connectivity index (χ3v) is 7.43. The predicted molar refractivity (Wildman–Crippen MR) is 173 cm³/mol. The molecule has 0 unspecified atom stereocenters. The molecule has 2 aromatic carbocycles. The number of likely N-dealkylation sites (tertiary alicyclic amines) is 1. The van der Waals surface area contributed by atoms with E-state index in [4.69, 9.17) is 18.9 Å². The minimum Gasteiger partial charge on any atom is -0.493 e. The van der Waals surface area contributed by atoms with Crippen molar-refractivity contribution in [3.05, 3.63) is 59.7 Å². The molecule has 2 N–H and O–H groups in total. The molecule has 0 aliphatic carbocycles. The Morgan fingerprint density at radius 3 is 2.38 bits per heavy atom. The van der Waals surface area contributed by atoms with Crippen LogP contribution in [-0.4, -0.2) is 99.0 Å². The molecule has 11 nitrogen and oxygen atoms in total. The molecule has 1 aliphatic heterocycles. The molecular weight excluding hydrogens is 576 g/mol. The number of benzene rings is 2. The van der Waals surface area contributed by atoms with Crippen LogP contribution in [0.4, 0.5) is 4.79 Å². The van der Waals surface area contributed by atoms with Crippen molar-refractivity contribution in [2.45, 2.75) is 65.3 Å². The summed E-state index contributed by atoms with van der Waals surface area (Å²) in [5, 5.41) is 6.29. The predicted octanol–water partition coefficient (Wildman–Crippen LogP) is 4.10. The molecule has 3 rings (SSSR count). The number of nitrogens with zero attached hydrogens (tertiary/aromatic N) is 2. The van der Waals surface area contributed by atoms with Gasteiger partial charge < -0.3 is 39.4 Å². The second-order valence-corrected chi connectivity index (χ2v) is 12.5. The number of methoxy groups -OCH3 is 2. The lowest BCUT2D eigenvalue weighted by molar-refractivity contribution is -0.120. The zero-order valence-corrected chi connectivity index (χ0v) is 27.8. The van der Waals surface area contributed by atoms with Gasteiger partial charge in [-0.25, -0.2) is 4.79 Å². The number of amides is 3. The number of carbonyl (C=O) groups excluding carboxylic acids is 3. The lowest BCUT2D eigenvalue weighted by Crippen LogP contribution is -2.48. The van der Waals surface area contributed by atoms with Gasteiger partial charge in [0.2, 0.25) is 5.91 Å². The highest BCUT2D eigenvalue weighted by molar-refractivity contribution is 5.95. The molecule has 2 aromatic rings. The molecule has 248 valence electrons. The molecular formula is C34H50N4O7. The minimum absolute atomic E-state index is 0.0774. The Hall–Kier alpha value is -3.83. The van der Waals surface area contributed by atoms with E-state index in [0.717, 1.165) is 5.56 Å². The molecule has 45 heavy (non-hydrogen) atoms. The highest BCUT2D eigenvalue weighted by Crippen LogP contribution is 2.30. The van der Waals surface area contributed by atoms with Gasteiger partial charge in [0.25, 0.3) is 5.91 Å². The van der Waals surface area contributed by atoms with Crippen LogP contribution >= 0.6 is 0 Å². The van der Waals surface area contributed by atoms with E-state index >= 15 is 0 Å². The van der Waals surface area contributed by atoms with Crippen molar-refractivity contribution in [1.82, 2.24) is 20.4 Å². The summed E-state index contributed by atoms with van der Waals surface area (Å²) in [6, 6.07) is 14.5. The van der Waals surface area contributed by atoms with E-state index in [1.807, 2.05) is 65.0 Å². The van der Waals surface area contributed by atoms with Gasteiger partial charge in [-0.2, -0.15) is 0 Å². The summed E-state index contributed by atoms with van der Waals surface area (Å²) in [4.78, 5) is 43.1. The quantitative estimate of drug-likeness (QED) is 0.284. The van der Waals surface area contributed by atoms with Gasteiger partial charge in [0.05, 0.1) is 20.3 Å². The molecule has 0 aromatic heterocycles. The Kier molecular flexibility index (Phi) is 13.5. The summed E-state index contributed by atoms with van der Waals surface area (Å²) in [5.41, 5.74) is 0.833. The fraction of sp³-hybridized carbons (Fsp3) is 0.559. The Bertz CT molecular complexity index is 1250. The van der Waals surface area contributed by atoms with Crippen LogP contribution in [0.15, 0.2) is 48.5 Å². The first-order valence-electron chi connectivity index (χ1n) is 15.5. The Balaban J connectivity index is 1.74. The van der Waals surface area contributed by atoms with Gasteiger partial charge in [-0.3, -0.25) is 9.59 Å². The molecule has 3 amide bonds. The van der Waals surface area contributed by atoms with Crippen molar-refractivity contribution in [2.24, 2.45) is 5.92 Å². The topological polar surface area (TPSA) is 119 Å². The molecule has 1 saturated heterocycles. The van der Waals surface area contributed by atoms with Gasteiger partial charge in [-0.15, -0.1) is 0 Å². The average Bonchev–Trinajstić information content (AvgIpc) is 3.42. The highest BCUT2D eigenvalue weighted by Gasteiger charge is 2.39. The number of rotatable bonds is 15. The standard InChI is InChI=1S/C34H50N4O7/c1-24(2)38(32(40)26-14-15-29(43-7)30(18-26)44-17-11-16-42-6)22-27-21-37(33(41)45-34(3,4)5)23-28(27)35-20-31(39)36-19-25-12-9-8-10-13-25/h8-10,12-15,18,24,27-28,35H,11,16-17,19-23H2,1-7H3,(H,36,39)/t27-,28+/m0/s1. The number of hydrogen-bond donors (Lipinski definition) is 2. The molecule has 11 heteroatoms. The third kappa shape index (κ3) is 11.2. The number of ether oxygens (including phenoxy) is 4. The Morgan fingerprint density at radius 1 is 1.00 bits per heavy atom. The van der Waals surface area contributed by atoms with E-state index in [2.05, 4.69) is 10.6 Å². The lowest BCUT2D eigenvalue weighted by atomic mass is 10.0. The van der Waals surface area contributed by atoms with E-state index in [-0.39, 0.29) is 36.4 Å². The fourth-order valence-corrected chi connectivity index (χ4v) is 5.10. The molecule has 0 spiro atoms. The second-order valence-electron chi connectivity index (χ2n) is 12.5. The van der Waals surface area contributed by atoms with Crippen molar-refractivity contribution >= 4 is 17.9 Å². The SMILES string of the molecule is COCCCOc1cc(C(=O)N(C[C@@H]2CN(C(=O)OC(C)(C)C)C[C@H]2NCC(=O)NCc2ccccc2)C(C)C)ccc1OC. The number of carbonyl (C=O) groups is 3. The number of hydrogen-bond acceptors (Lipinski definition) is 8. The lowest BCUT2D eigenvalue weighted by Gasteiger charge is -2.32. The molecule has 0 radical (unpaired) electrons. The maximum Gasteiger partial charge on any atom is 0.410 e. The highest BCUT2D eigenvalue weighted by atomic mass is 16.6. The molecule has 1 heterocycles. The smallest absolute Gasteiger partial charge is 0.410 e. The number of nitrogens with one attached hydrogen (secondary N) is 2. The van der Waals surface area contributed by atoms with E-state index in [9.17, 15) is 14.4 Å². The maximum absolute atomic E-state index is 13.9. The van der Waals surface area contributed by atoms with Crippen LogP contribution in [0.5, 0.6) is 11.5 Å². The summed E-state index contributed by atoms with van der Waals surface area (Å²) >= 11 is 0. The summed E-state index contributed by atoms with van der Waals surface area (Å²) in [6.45, 7) is 12.0. The van der Waals surface area contributed by atoms with Gasteiger partial charge in [0, 0.05) is 69.9 Å². The van der Waals surface area contributed by atoms with Crippen molar-refractivity contribution < 1.29 is 33.3 Å². The van der Waals surface area contributed by atoms with Crippen molar-refractivity contribution in [3.63, 3.8) is 0 Å².